The molecule has 3 rings (SSSR count). The van der Waals surface area contributed by atoms with Crippen molar-refractivity contribution in [1.82, 2.24) is 20.5 Å². The van der Waals surface area contributed by atoms with Crippen LogP contribution in [0.25, 0.3) is 0 Å². The maximum atomic E-state index is 12.3. The van der Waals surface area contributed by atoms with E-state index in [4.69, 9.17) is 4.98 Å². The Kier molecular flexibility index (Phi) is 5.33. The Hall–Kier alpha value is -1.69. The number of hydrogen-bond acceptors (Lipinski definition) is 4. The van der Waals surface area contributed by atoms with Gasteiger partial charge in [-0.15, -0.1) is 11.3 Å². The number of amides is 1. The van der Waals surface area contributed by atoms with E-state index in [0.29, 0.717) is 6.54 Å². The first kappa shape index (κ1) is 17.1. The molecule has 24 heavy (non-hydrogen) atoms. The lowest BCUT2D eigenvalue weighted by Gasteiger charge is -2.12. The summed E-state index contributed by atoms with van der Waals surface area (Å²) in [5.74, 6) is 0.0563. The summed E-state index contributed by atoms with van der Waals surface area (Å²) in [5.41, 5.74) is 4.50. The summed E-state index contributed by atoms with van der Waals surface area (Å²) in [6, 6.07) is 0. The zero-order chi connectivity index (χ0) is 17.1. The Morgan fingerprint density at radius 2 is 2.12 bits per heavy atom. The molecule has 2 heterocycles. The van der Waals surface area contributed by atoms with Gasteiger partial charge < -0.3 is 5.32 Å². The number of thiazole rings is 1. The Morgan fingerprint density at radius 3 is 2.83 bits per heavy atom. The number of aromatic amines is 1. The summed E-state index contributed by atoms with van der Waals surface area (Å²) >= 11 is 1.83. The second-order valence-electron chi connectivity index (χ2n) is 6.74. The number of nitrogens with one attached hydrogen (secondary N) is 2. The number of carbonyl (C=O) groups excluding carboxylic acids is 1. The highest BCUT2D eigenvalue weighted by Crippen LogP contribution is 2.26. The van der Waals surface area contributed by atoms with Crippen molar-refractivity contribution in [2.75, 3.05) is 6.54 Å². The predicted molar refractivity (Wildman–Crippen MR) is 96.4 cm³/mol. The van der Waals surface area contributed by atoms with Crippen LogP contribution in [0.2, 0.25) is 0 Å². The molecule has 1 aliphatic rings. The minimum atomic E-state index is -0.0514. The first-order chi connectivity index (χ1) is 11.5. The van der Waals surface area contributed by atoms with Gasteiger partial charge in [0.05, 0.1) is 16.4 Å². The average molecular weight is 347 g/mol. The zero-order valence-electron chi connectivity index (χ0n) is 14.7. The van der Waals surface area contributed by atoms with Crippen LogP contribution in [0.15, 0.2) is 0 Å². The van der Waals surface area contributed by atoms with Gasteiger partial charge in [-0.1, -0.05) is 6.92 Å². The van der Waals surface area contributed by atoms with Crippen LogP contribution in [0.1, 0.15) is 52.3 Å². The molecule has 2 N–H and O–H groups in total. The van der Waals surface area contributed by atoms with Crippen LogP contribution < -0.4 is 5.32 Å². The number of fused-ring (bicyclic) bond motifs is 1. The maximum absolute atomic E-state index is 12.3. The second-order valence-corrected chi connectivity index (χ2v) is 7.91. The molecule has 0 bridgehead atoms. The third kappa shape index (κ3) is 3.86. The van der Waals surface area contributed by atoms with E-state index in [1.165, 1.54) is 29.8 Å². The molecule has 2 aromatic rings. The highest BCUT2D eigenvalue weighted by Gasteiger charge is 2.18. The third-order valence-electron chi connectivity index (χ3n) is 4.77. The van der Waals surface area contributed by atoms with E-state index in [-0.39, 0.29) is 11.8 Å². The summed E-state index contributed by atoms with van der Waals surface area (Å²) in [4.78, 5) is 18.5. The van der Waals surface area contributed by atoms with Crippen LogP contribution >= 0.6 is 11.3 Å². The molecule has 0 aromatic carbocycles. The molecule has 0 fully saturated rings. The summed E-state index contributed by atoms with van der Waals surface area (Å²) in [6.07, 6.45) is 6.41. The van der Waals surface area contributed by atoms with Crippen LogP contribution in [0.4, 0.5) is 0 Å². The number of carbonyl (C=O) groups is 1. The molecule has 1 aliphatic carbocycles. The quantitative estimate of drug-likeness (QED) is 0.845. The van der Waals surface area contributed by atoms with E-state index < -0.39 is 0 Å². The van der Waals surface area contributed by atoms with E-state index in [0.717, 1.165) is 41.2 Å². The number of H-pyrrole nitrogens is 1. The lowest BCUT2D eigenvalue weighted by atomic mass is 9.99. The Bertz CT molecular complexity index is 676. The Morgan fingerprint density at radius 1 is 1.33 bits per heavy atom. The van der Waals surface area contributed by atoms with Crippen LogP contribution in [0.5, 0.6) is 0 Å². The van der Waals surface area contributed by atoms with Gasteiger partial charge in [0.15, 0.2) is 0 Å². The molecule has 0 saturated heterocycles. The summed E-state index contributed by atoms with van der Waals surface area (Å²) < 4.78 is 0. The number of aromatic nitrogens is 3. The molecule has 0 unspecified atom stereocenters. The van der Waals surface area contributed by atoms with Gasteiger partial charge in [0, 0.05) is 29.5 Å². The molecule has 0 radical (unpaired) electrons. The van der Waals surface area contributed by atoms with Crippen molar-refractivity contribution in [3.8, 4) is 0 Å². The lowest BCUT2D eigenvalue weighted by molar-refractivity contribution is -0.124. The monoisotopic (exact) mass is 346 g/mol. The molecule has 0 spiro atoms. The van der Waals surface area contributed by atoms with Gasteiger partial charge in [-0.25, -0.2) is 4.98 Å². The minimum absolute atomic E-state index is 0.0514. The van der Waals surface area contributed by atoms with Gasteiger partial charge in [0.1, 0.15) is 0 Å². The number of hydrogen-bond donors (Lipinski definition) is 2. The van der Waals surface area contributed by atoms with E-state index in [2.05, 4.69) is 15.5 Å². The molecule has 1 atom stereocenters. The normalized spacial score (nSPS) is 15.1. The molecule has 1 amide bonds. The highest BCUT2D eigenvalue weighted by atomic mass is 32.1. The van der Waals surface area contributed by atoms with Crippen LogP contribution in [-0.4, -0.2) is 27.6 Å². The molecule has 2 aromatic heterocycles. The van der Waals surface area contributed by atoms with E-state index in [9.17, 15) is 4.79 Å². The van der Waals surface area contributed by atoms with Crippen LogP contribution in [-0.2, 0) is 30.5 Å². The van der Waals surface area contributed by atoms with Crippen molar-refractivity contribution in [2.24, 2.45) is 5.92 Å². The highest BCUT2D eigenvalue weighted by molar-refractivity contribution is 7.11. The van der Waals surface area contributed by atoms with Crippen molar-refractivity contribution in [3.63, 3.8) is 0 Å². The van der Waals surface area contributed by atoms with Gasteiger partial charge in [-0.2, -0.15) is 5.10 Å². The standard InChI is InChI=1S/C18H26N4OS/c1-11(10-14-12(2)21-22-13(14)3)18(23)19-9-8-17-20-15-6-4-5-7-16(15)24-17/h11H,4-10H2,1-3H3,(H,19,23)(H,21,22)/t11-/m0/s1. The summed E-state index contributed by atoms with van der Waals surface area (Å²) in [6.45, 7) is 6.63. The van der Waals surface area contributed by atoms with E-state index in [1.807, 2.05) is 32.1 Å². The molecular weight excluding hydrogens is 320 g/mol. The SMILES string of the molecule is Cc1n[nH]c(C)c1C[C@H](C)C(=O)NCCc1nc2c(s1)CCCC2. The number of aryl methyl sites for hydroxylation is 4. The fourth-order valence-corrected chi connectivity index (χ4v) is 4.41. The molecular formula is C18H26N4OS. The van der Waals surface area contributed by atoms with Gasteiger partial charge in [-0.3, -0.25) is 9.89 Å². The summed E-state index contributed by atoms with van der Waals surface area (Å²) in [5, 5.41) is 11.4. The van der Waals surface area contributed by atoms with Gasteiger partial charge in [0.2, 0.25) is 5.91 Å². The van der Waals surface area contributed by atoms with Gasteiger partial charge in [0.25, 0.3) is 0 Å². The van der Waals surface area contributed by atoms with E-state index in [1.54, 1.807) is 0 Å². The van der Waals surface area contributed by atoms with Crippen LogP contribution in [0.3, 0.4) is 0 Å². The molecule has 0 saturated carbocycles. The lowest BCUT2D eigenvalue weighted by Crippen LogP contribution is -2.32. The van der Waals surface area contributed by atoms with Crippen molar-refractivity contribution in [1.29, 1.82) is 0 Å². The van der Waals surface area contributed by atoms with Crippen molar-refractivity contribution in [2.45, 2.75) is 59.3 Å². The van der Waals surface area contributed by atoms with E-state index >= 15 is 0 Å². The third-order valence-corrected chi connectivity index (χ3v) is 5.98. The maximum Gasteiger partial charge on any atom is 0.223 e. The van der Waals surface area contributed by atoms with Crippen LogP contribution in [0, 0.1) is 19.8 Å². The van der Waals surface area contributed by atoms with Crippen molar-refractivity contribution >= 4 is 17.2 Å². The minimum Gasteiger partial charge on any atom is -0.355 e. The molecule has 5 nitrogen and oxygen atoms in total. The first-order valence-corrected chi connectivity index (χ1v) is 9.62. The Balaban J connectivity index is 1.47. The first-order valence-electron chi connectivity index (χ1n) is 8.80. The fraction of sp³-hybridized carbons (Fsp3) is 0.611. The van der Waals surface area contributed by atoms with Crippen molar-refractivity contribution < 1.29 is 4.79 Å². The van der Waals surface area contributed by atoms with Crippen molar-refractivity contribution in [3.05, 3.63) is 32.5 Å². The largest absolute Gasteiger partial charge is 0.355 e. The van der Waals surface area contributed by atoms with Gasteiger partial charge >= 0.3 is 0 Å². The molecule has 6 heteroatoms. The topological polar surface area (TPSA) is 70.7 Å². The molecule has 130 valence electrons. The number of nitrogens with zero attached hydrogens (tertiary/aromatic N) is 2. The zero-order valence-corrected chi connectivity index (χ0v) is 15.6. The second kappa shape index (κ2) is 7.47. The average Bonchev–Trinajstić information content (AvgIpc) is 3.12. The number of rotatable bonds is 6. The fourth-order valence-electron chi connectivity index (χ4n) is 3.25. The summed E-state index contributed by atoms with van der Waals surface area (Å²) in [7, 11) is 0. The Labute approximate surface area is 147 Å². The molecule has 0 aliphatic heterocycles. The van der Waals surface area contributed by atoms with Gasteiger partial charge in [-0.05, 0) is 51.5 Å². The predicted octanol–water partition coefficient (Wildman–Crippen LogP) is 2.90. The smallest absolute Gasteiger partial charge is 0.223 e.